The van der Waals surface area contributed by atoms with E-state index in [2.05, 4.69) is 17.6 Å². The highest BCUT2D eigenvalue weighted by atomic mass is 35.5. The molecule has 2 aromatic heterocycles. The van der Waals surface area contributed by atoms with Gasteiger partial charge in [-0.2, -0.15) is 0 Å². The van der Waals surface area contributed by atoms with Gasteiger partial charge in [0.05, 0.1) is 22.1 Å². The largest absolute Gasteiger partial charge is 0.381 e. The number of aromatic nitrogens is 2. The molecule has 0 unspecified atom stereocenters. The molecule has 3 heterocycles. The number of alkyl halides is 1. The smallest absolute Gasteiger partial charge is 0.126 e. The van der Waals surface area contributed by atoms with E-state index in [1.807, 2.05) is 17.5 Å². The summed E-state index contributed by atoms with van der Waals surface area (Å²) < 4.78 is 7.94. The first-order chi connectivity index (χ1) is 11.7. The van der Waals surface area contributed by atoms with Crippen LogP contribution in [-0.2, 0) is 10.6 Å². The second-order valence-corrected chi connectivity index (χ2v) is 7.62. The Bertz CT molecular complexity index is 881. The van der Waals surface area contributed by atoms with Crippen LogP contribution >= 0.6 is 34.5 Å². The maximum absolute atomic E-state index is 6.60. The molecule has 126 valence electrons. The van der Waals surface area contributed by atoms with Gasteiger partial charge < -0.3 is 9.30 Å². The summed E-state index contributed by atoms with van der Waals surface area (Å²) >= 11 is 14.2. The molecule has 0 atom stereocenters. The predicted molar refractivity (Wildman–Crippen MR) is 101 cm³/mol. The number of hydrogen-bond acceptors (Lipinski definition) is 3. The minimum absolute atomic E-state index is 0.419. The molecule has 24 heavy (non-hydrogen) atoms. The van der Waals surface area contributed by atoms with E-state index in [4.69, 9.17) is 32.9 Å². The van der Waals surface area contributed by atoms with Gasteiger partial charge in [0, 0.05) is 41.3 Å². The van der Waals surface area contributed by atoms with Crippen LogP contribution in [0.5, 0.6) is 0 Å². The second kappa shape index (κ2) is 6.68. The first-order valence-electron chi connectivity index (χ1n) is 8.08. The summed E-state index contributed by atoms with van der Waals surface area (Å²) in [5.74, 6) is 0.439. The molecule has 0 saturated carbocycles. The number of nitrogens with zero attached hydrogens (tertiary/aromatic N) is 2. The number of benzene rings is 1. The van der Waals surface area contributed by atoms with Crippen LogP contribution in [0, 0.1) is 6.92 Å². The van der Waals surface area contributed by atoms with Crippen molar-refractivity contribution in [3.05, 3.63) is 40.0 Å². The molecule has 1 fully saturated rings. The Hall–Kier alpha value is -1.07. The number of para-hydroxylation sites is 1. The van der Waals surface area contributed by atoms with Crippen molar-refractivity contribution in [3.8, 4) is 10.6 Å². The van der Waals surface area contributed by atoms with Crippen LogP contribution in [-0.4, -0.2) is 22.8 Å². The molecule has 6 heteroatoms. The maximum atomic E-state index is 6.60. The Morgan fingerprint density at radius 2 is 2.12 bits per heavy atom. The van der Waals surface area contributed by atoms with Gasteiger partial charge >= 0.3 is 0 Å². The van der Waals surface area contributed by atoms with E-state index in [9.17, 15) is 0 Å². The predicted octanol–water partition coefficient (Wildman–Crippen LogP) is 5.82. The van der Waals surface area contributed by atoms with E-state index < -0.39 is 0 Å². The van der Waals surface area contributed by atoms with Crippen molar-refractivity contribution in [1.82, 2.24) is 9.55 Å². The Balaban J connectivity index is 1.97. The minimum atomic E-state index is 0.419. The molecule has 0 N–H and O–H groups in total. The fourth-order valence-electron chi connectivity index (χ4n) is 3.60. The molecule has 0 aliphatic carbocycles. The van der Waals surface area contributed by atoms with Gasteiger partial charge in [-0.1, -0.05) is 23.7 Å². The summed E-state index contributed by atoms with van der Waals surface area (Å²) in [6, 6.07) is 6.54. The number of rotatable bonds is 3. The van der Waals surface area contributed by atoms with Crippen molar-refractivity contribution in [2.75, 3.05) is 13.2 Å². The first kappa shape index (κ1) is 16.4. The van der Waals surface area contributed by atoms with Gasteiger partial charge in [0.25, 0.3) is 0 Å². The third-order valence-electron chi connectivity index (χ3n) is 4.68. The molecule has 0 radical (unpaired) electrons. The summed E-state index contributed by atoms with van der Waals surface area (Å²) in [4.78, 5) is 4.70. The van der Waals surface area contributed by atoms with Crippen LogP contribution in [0.4, 0.5) is 0 Å². The van der Waals surface area contributed by atoms with Gasteiger partial charge in [-0.25, -0.2) is 4.98 Å². The lowest BCUT2D eigenvalue weighted by molar-refractivity contribution is 0.0703. The highest BCUT2D eigenvalue weighted by Crippen LogP contribution is 2.42. The van der Waals surface area contributed by atoms with Crippen LogP contribution in [0.25, 0.3) is 21.5 Å². The Labute approximate surface area is 155 Å². The normalized spacial score (nSPS) is 16.1. The molecule has 0 amide bonds. The second-order valence-electron chi connectivity index (χ2n) is 6.09. The molecule has 0 bridgehead atoms. The SMILES string of the molecule is Cc1c(-c2nc(CCl)cs2)c2cccc(Cl)c2n1C1CCOCC1. The number of halogens is 2. The maximum Gasteiger partial charge on any atom is 0.126 e. The average Bonchev–Trinajstić information content (AvgIpc) is 3.18. The molecule has 3 nitrogen and oxygen atoms in total. The standard InChI is InChI=1S/C18H18Cl2N2OS/c1-11-16(18-21-12(9-19)10-24-18)14-3-2-4-15(20)17(14)22(11)13-5-7-23-8-6-13/h2-4,10,13H,5-9H2,1H3. The van der Waals surface area contributed by atoms with Gasteiger partial charge in [-0.3, -0.25) is 0 Å². The van der Waals surface area contributed by atoms with Crippen LogP contribution in [0.15, 0.2) is 23.6 Å². The van der Waals surface area contributed by atoms with E-state index >= 15 is 0 Å². The lowest BCUT2D eigenvalue weighted by atomic mass is 10.1. The van der Waals surface area contributed by atoms with Crippen molar-refractivity contribution in [2.24, 2.45) is 0 Å². The van der Waals surface area contributed by atoms with Crippen molar-refractivity contribution < 1.29 is 4.74 Å². The van der Waals surface area contributed by atoms with Gasteiger partial charge in [-0.05, 0) is 25.8 Å². The topological polar surface area (TPSA) is 27.1 Å². The summed E-state index contributed by atoms with van der Waals surface area (Å²) in [5, 5.41) is 5.01. The lowest BCUT2D eigenvalue weighted by Crippen LogP contribution is -2.20. The van der Waals surface area contributed by atoms with Gasteiger partial charge in [0.15, 0.2) is 0 Å². The fraction of sp³-hybridized carbons (Fsp3) is 0.389. The summed E-state index contributed by atoms with van der Waals surface area (Å²) in [7, 11) is 0. The van der Waals surface area contributed by atoms with Gasteiger partial charge in [0.1, 0.15) is 5.01 Å². The summed E-state index contributed by atoms with van der Waals surface area (Å²) in [6.07, 6.45) is 2.03. The minimum Gasteiger partial charge on any atom is -0.381 e. The quantitative estimate of drug-likeness (QED) is 0.535. The molecule has 4 rings (SSSR count). The van der Waals surface area contributed by atoms with E-state index in [1.54, 1.807) is 11.3 Å². The fourth-order valence-corrected chi connectivity index (χ4v) is 5.02. The third-order valence-corrected chi connectivity index (χ3v) is 6.17. The third kappa shape index (κ3) is 2.66. The Morgan fingerprint density at radius 3 is 2.83 bits per heavy atom. The van der Waals surface area contributed by atoms with Crippen molar-refractivity contribution in [1.29, 1.82) is 0 Å². The van der Waals surface area contributed by atoms with Crippen molar-refractivity contribution in [3.63, 3.8) is 0 Å². The zero-order valence-electron chi connectivity index (χ0n) is 13.4. The zero-order chi connectivity index (χ0) is 16.7. The first-order valence-corrected chi connectivity index (χ1v) is 9.87. The number of fused-ring (bicyclic) bond motifs is 1. The summed E-state index contributed by atoms with van der Waals surface area (Å²) in [5.41, 5.74) is 4.44. The van der Waals surface area contributed by atoms with Gasteiger partial charge in [-0.15, -0.1) is 22.9 Å². The summed E-state index contributed by atoms with van der Waals surface area (Å²) in [6.45, 7) is 3.78. The highest BCUT2D eigenvalue weighted by molar-refractivity contribution is 7.13. The Kier molecular flexibility index (Phi) is 4.56. The van der Waals surface area contributed by atoms with Crippen molar-refractivity contribution in [2.45, 2.75) is 31.7 Å². The van der Waals surface area contributed by atoms with E-state index in [1.165, 1.54) is 16.6 Å². The van der Waals surface area contributed by atoms with E-state index in [0.717, 1.165) is 47.3 Å². The zero-order valence-corrected chi connectivity index (χ0v) is 15.7. The molecule has 1 aliphatic rings. The molecule has 1 aromatic carbocycles. The number of ether oxygens (including phenoxy) is 1. The molecule has 0 spiro atoms. The van der Waals surface area contributed by atoms with Crippen LogP contribution in [0.1, 0.15) is 30.3 Å². The lowest BCUT2D eigenvalue weighted by Gasteiger charge is -2.26. The van der Waals surface area contributed by atoms with Crippen LogP contribution in [0.2, 0.25) is 5.02 Å². The molecule has 1 saturated heterocycles. The van der Waals surface area contributed by atoms with E-state index in [-0.39, 0.29) is 0 Å². The monoisotopic (exact) mass is 380 g/mol. The molecular formula is C18H18Cl2N2OS. The van der Waals surface area contributed by atoms with Crippen LogP contribution < -0.4 is 0 Å². The van der Waals surface area contributed by atoms with Gasteiger partial charge in [0.2, 0.25) is 0 Å². The van der Waals surface area contributed by atoms with E-state index in [0.29, 0.717) is 11.9 Å². The number of hydrogen-bond donors (Lipinski definition) is 0. The van der Waals surface area contributed by atoms with Crippen molar-refractivity contribution >= 4 is 45.4 Å². The average molecular weight is 381 g/mol. The number of thiazole rings is 1. The molecule has 3 aromatic rings. The molecule has 1 aliphatic heterocycles. The Morgan fingerprint density at radius 1 is 1.33 bits per heavy atom. The van der Waals surface area contributed by atoms with Crippen LogP contribution in [0.3, 0.4) is 0 Å². The highest BCUT2D eigenvalue weighted by Gasteiger charge is 2.25. The molecular weight excluding hydrogens is 363 g/mol.